The van der Waals surface area contributed by atoms with Gasteiger partial charge in [0.15, 0.2) is 6.29 Å². The molecule has 2 atom stereocenters. The Kier molecular flexibility index (Phi) is 49.9. The van der Waals surface area contributed by atoms with Gasteiger partial charge in [0, 0.05) is 17.9 Å². The summed E-state index contributed by atoms with van der Waals surface area (Å²) in [5.41, 5.74) is 7.59. The van der Waals surface area contributed by atoms with Gasteiger partial charge in [-0.15, -0.1) is 0 Å². The van der Waals surface area contributed by atoms with Crippen molar-refractivity contribution in [3.05, 3.63) is 128 Å². The molecule has 0 amide bonds. The molecule has 0 radical (unpaired) electrons. The molecule has 4 aliphatic rings. The zero-order chi connectivity index (χ0) is 45.4. The van der Waals surface area contributed by atoms with Crippen LogP contribution in [0.25, 0.3) is 0 Å². The van der Waals surface area contributed by atoms with E-state index in [1.165, 1.54) is 87.6 Å². The van der Waals surface area contributed by atoms with Gasteiger partial charge in [-0.2, -0.15) is 0 Å². The van der Waals surface area contributed by atoms with Crippen molar-refractivity contribution in [1.82, 2.24) is 0 Å². The smallest absolute Gasteiger partial charge is 0.154 e. The molecule has 7 rings (SSSR count). The van der Waals surface area contributed by atoms with E-state index >= 15 is 0 Å². The lowest BCUT2D eigenvalue weighted by molar-refractivity contribution is -0.187. The molecule has 0 aromatic heterocycles. The molecule has 1 heterocycles. The summed E-state index contributed by atoms with van der Waals surface area (Å²) in [6.45, 7) is 29.9. The summed E-state index contributed by atoms with van der Waals surface area (Å²) in [6, 6.07) is 16.3. The van der Waals surface area contributed by atoms with Crippen LogP contribution in [-0.4, -0.2) is 19.5 Å². The van der Waals surface area contributed by atoms with E-state index in [9.17, 15) is 17.6 Å². The third-order valence-electron chi connectivity index (χ3n) is 11.4. The normalized spacial score (nSPS) is 20.8. The number of ether oxygens (including phenoxy) is 2. The number of hydrogen-bond donors (Lipinski definition) is 0. The highest BCUT2D eigenvalue weighted by Gasteiger charge is 2.15. The number of rotatable bonds is 0. The molecule has 0 N–H and O–H groups in total. The summed E-state index contributed by atoms with van der Waals surface area (Å²) in [6.07, 6.45) is 15.1. The minimum Gasteiger partial charge on any atom is -0.353 e. The first-order valence-corrected chi connectivity index (χ1v) is 22.6. The van der Waals surface area contributed by atoms with E-state index in [1.54, 1.807) is 25.5 Å². The third-order valence-corrected chi connectivity index (χ3v) is 11.4. The molecule has 394 valence electrons. The fourth-order valence-corrected chi connectivity index (χ4v) is 6.51. The molecule has 3 aromatic carbocycles. The fraction of sp³-hybridized carbons (Fsp3) is 0.639. The van der Waals surface area contributed by atoms with Gasteiger partial charge < -0.3 is 9.47 Å². The second-order valence-electron chi connectivity index (χ2n) is 18.4. The van der Waals surface area contributed by atoms with Crippen LogP contribution >= 0.6 is 0 Å². The van der Waals surface area contributed by atoms with E-state index in [0.29, 0.717) is 29.4 Å². The van der Waals surface area contributed by atoms with Crippen LogP contribution in [0.2, 0.25) is 0 Å². The Morgan fingerprint density at radius 3 is 1.16 bits per heavy atom. The average molecular weight is 952 g/mol. The monoisotopic (exact) mass is 951 g/mol. The first kappa shape index (κ1) is 78.0. The number of halogens is 4. The van der Waals surface area contributed by atoms with Crippen LogP contribution in [0.4, 0.5) is 17.6 Å². The van der Waals surface area contributed by atoms with Crippen molar-refractivity contribution < 1.29 is 27.0 Å². The van der Waals surface area contributed by atoms with Crippen molar-refractivity contribution >= 4 is 0 Å². The molecule has 6 heteroatoms. The van der Waals surface area contributed by atoms with Gasteiger partial charge >= 0.3 is 0 Å². The molecule has 1 saturated heterocycles. The van der Waals surface area contributed by atoms with Crippen LogP contribution in [-0.2, 0) is 9.47 Å². The Labute approximate surface area is 416 Å². The van der Waals surface area contributed by atoms with E-state index in [2.05, 4.69) is 85.7 Å². The summed E-state index contributed by atoms with van der Waals surface area (Å²) < 4.78 is 60.8. The number of benzene rings is 3. The van der Waals surface area contributed by atoms with Gasteiger partial charge in [-0.1, -0.05) is 171 Å². The largest absolute Gasteiger partial charge is 0.353 e. The highest BCUT2D eigenvalue weighted by molar-refractivity contribution is 5.24. The van der Waals surface area contributed by atoms with Gasteiger partial charge in [-0.3, -0.25) is 0 Å². The number of hydrogen-bond acceptors (Lipinski definition) is 2. The van der Waals surface area contributed by atoms with Crippen LogP contribution < -0.4 is 0 Å². The van der Waals surface area contributed by atoms with Gasteiger partial charge in [0.1, 0.15) is 17.5 Å². The lowest BCUT2D eigenvalue weighted by Crippen LogP contribution is -2.27. The molecule has 3 aliphatic carbocycles. The Morgan fingerprint density at radius 1 is 0.433 bits per heavy atom. The zero-order valence-corrected chi connectivity index (χ0v) is 40.1. The summed E-state index contributed by atoms with van der Waals surface area (Å²) in [5.74, 6) is 3.19. The molecule has 3 aromatic rings. The van der Waals surface area contributed by atoms with Crippen molar-refractivity contribution in [3.8, 4) is 0 Å². The van der Waals surface area contributed by atoms with Crippen LogP contribution in [0.1, 0.15) is 205 Å². The summed E-state index contributed by atoms with van der Waals surface area (Å²) in [4.78, 5) is 0. The van der Waals surface area contributed by atoms with Gasteiger partial charge in [-0.25, -0.2) is 17.6 Å². The highest BCUT2D eigenvalue weighted by atomic mass is 19.1. The van der Waals surface area contributed by atoms with Gasteiger partial charge in [0.2, 0.25) is 0 Å². The molecular weight excluding hydrogens is 841 g/mol. The van der Waals surface area contributed by atoms with E-state index < -0.39 is 11.6 Å². The maximum absolute atomic E-state index is 12.7. The van der Waals surface area contributed by atoms with Crippen LogP contribution in [0.5, 0.6) is 0 Å². The predicted octanol–water partition coefficient (Wildman–Crippen LogP) is 21.4. The minimum atomic E-state index is -0.475. The minimum absolute atomic E-state index is 0. The van der Waals surface area contributed by atoms with Crippen molar-refractivity contribution in [2.75, 3.05) is 13.2 Å². The second-order valence-corrected chi connectivity index (χ2v) is 18.4. The highest BCUT2D eigenvalue weighted by Crippen LogP contribution is 2.29. The van der Waals surface area contributed by atoms with E-state index in [-0.39, 0.29) is 75.5 Å². The predicted molar refractivity (Wildman–Crippen MR) is 296 cm³/mol. The third kappa shape index (κ3) is 37.4. The Hall–Kier alpha value is -3.22. The number of aryl methyl sites for hydroxylation is 5. The van der Waals surface area contributed by atoms with E-state index in [4.69, 9.17) is 9.47 Å². The van der Waals surface area contributed by atoms with Crippen LogP contribution in [0, 0.1) is 88.6 Å². The van der Waals surface area contributed by atoms with Gasteiger partial charge in [-0.05, 0) is 159 Å². The molecule has 2 nitrogen and oxygen atoms in total. The maximum Gasteiger partial charge on any atom is 0.154 e. The first-order chi connectivity index (χ1) is 28.2. The first-order valence-electron chi connectivity index (χ1n) is 22.6. The Balaban J connectivity index is -0.000000123. The summed E-state index contributed by atoms with van der Waals surface area (Å²) in [5, 5.41) is 0. The standard InChI is InChI=1S/C8H8F2.C8H13F.C8H9F.C8H16.C8H14.C8H10.C6H12O2.7CH4/c1-5-3-7(9)6(2)8(10)4-5;2*1-6-3-4-7(2)8(9)5-6;3*1-7-3-5-8(2)6-4-7;1-5-3-7-6(2)8-4-5;;;;;;;/h3-4H,1-2H3;6H,3-5H2,1-2H3;3-5H,1-2H3;7-8H,3-6H2,1-2H3;3,8H,4-6H2,1-2H3;3-6H,1-2H3;5-6H,3-4H2,1-2H3;7*1H4. The molecule has 2 unspecified atom stereocenters. The van der Waals surface area contributed by atoms with Crippen molar-refractivity contribution in [3.63, 3.8) is 0 Å². The fourth-order valence-electron chi connectivity index (χ4n) is 6.51. The number of allylic oxidation sites excluding steroid dienone is 4. The quantitative estimate of drug-likeness (QED) is 0.165. The van der Waals surface area contributed by atoms with Crippen LogP contribution in [0.15, 0.2) is 77.6 Å². The topological polar surface area (TPSA) is 18.5 Å². The van der Waals surface area contributed by atoms with Crippen molar-refractivity contribution in [1.29, 1.82) is 0 Å². The maximum atomic E-state index is 12.7. The molecule has 0 bridgehead atoms. The molecule has 67 heavy (non-hydrogen) atoms. The Morgan fingerprint density at radius 2 is 0.836 bits per heavy atom. The van der Waals surface area contributed by atoms with Crippen molar-refractivity contribution in [2.24, 2.45) is 29.6 Å². The average Bonchev–Trinajstić information content (AvgIpc) is 3.20. The SMILES string of the molecule is C.C.C.C.C.C.C.CC1=C(F)CC(C)CC1.CC1=CCC(C)CC1.CC1CCC(C)CC1.CC1COC(C)OC1.Cc1cc(F)c(C)c(F)c1.Cc1ccc(C)c(F)c1.Cc1ccc(C)cc1. The lowest BCUT2D eigenvalue weighted by atomic mass is 9.84. The molecule has 1 saturated carbocycles. The summed E-state index contributed by atoms with van der Waals surface area (Å²) >= 11 is 0. The van der Waals surface area contributed by atoms with E-state index in [1.807, 2.05) is 26.8 Å². The zero-order valence-electron chi connectivity index (χ0n) is 40.1. The molecule has 2 fully saturated rings. The molecule has 1 aliphatic heterocycles. The molecule has 0 spiro atoms. The van der Waals surface area contributed by atoms with Gasteiger partial charge in [0.25, 0.3) is 0 Å². The van der Waals surface area contributed by atoms with Crippen molar-refractivity contribution in [2.45, 2.75) is 219 Å². The lowest BCUT2D eigenvalue weighted by Gasteiger charge is -2.24. The van der Waals surface area contributed by atoms with Gasteiger partial charge in [0.05, 0.1) is 19.0 Å². The van der Waals surface area contributed by atoms with E-state index in [0.717, 1.165) is 48.5 Å². The summed E-state index contributed by atoms with van der Waals surface area (Å²) in [7, 11) is 0. The Bertz CT molecular complexity index is 1600. The molecular formula is C61H110F4O2. The van der Waals surface area contributed by atoms with Crippen LogP contribution in [0.3, 0.4) is 0 Å². The second kappa shape index (κ2) is 42.8.